The summed E-state index contributed by atoms with van der Waals surface area (Å²) in [6.45, 7) is 3.23. The van der Waals surface area contributed by atoms with Gasteiger partial charge >= 0.3 is 0 Å². The zero-order valence-electron chi connectivity index (χ0n) is 10.6. The molecule has 0 unspecified atom stereocenters. The van der Waals surface area contributed by atoms with Gasteiger partial charge in [-0.1, -0.05) is 17.7 Å². The first kappa shape index (κ1) is 12.4. The number of nitrogens with two attached hydrogens (primary N) is 1. The predicted octanol–water partition coefficient (Wildman–Crippen LogP) is 1.45. The van der Waals surface area contributed by atoms with Crippen molar-refractivity contribution in [3.63, 3.8) is 0 Å². The SMILES string of the molecule is NCCc1ccc(Cl)cc1N1CCn2cnnc2C1. The summed E-state index contributed by atoms with van der Waals surface area (Å²) in [6, 6.07) is 5.99. The second kappa shape index (κ2) is 5.19. The molecular formula is C13H16ClN5. The van der Waals surface area contributed by atoms with E-state index < -0.39 is 0 Å². The lowest BCUT2D eigenvalue weighted by atomic mass is 10.1. The molecule has 0 bridgehead atoms. The van der Waals surface area contributed by atoms with Crippen molar-refractivity contribution in [1.29, 1.82) is 0 Å². The van der Waals surface area contributed by atoms with Gasteiger partial charge in [-0.05, 0) is 30.7 Å². The van der Waals surface area contributed by atoms with Gasteiger partial charge in [0.15, 0.2) is 5.82 Å². The molecule has 19 heavy (non-hydrogen) atoms. The molecule has 0 radical (unpaired) electrons. The van der Waals surface area contributed by atoms with Gasteiger partial charge in [-0.2, -0.15) is 0 Å². The van der Waals surface area contributed by atoms with Gasteiger partial charge in [0.1, 0.15) is 6.33 Å². The van der Waals surface area contributed by atoms with Gasteiger partial charge in [0, 0.05) is 23.8 Å². The van der Waals surface area contributed by atoms with Crippen LogP contribution in [0, 0.1) is 0 Å². The van der Waals surface area contributed by atoms with Crippen LogP contribution in [0.4, 0.5) is 5.69 Å². The normalized spacial score (nSPS) is 14.5. The minimum Gasteiger partial charge on any atom is -0.362 e. The van der Waals surface area contributed by atoms with Crippen molar-refractivity contribution < 1.29 is 0 Å². The maximum absolute atomic E-state index is 6.12. The van der Waals surface area contributed by atoms with Crippen LogP contribution in [0.15, 0.2) is 24.5 Å². The van der Waals surface area contributed by atoms with E-state index in [9.17, 15) is 0 Å². The Bertz CT molecular complexity index is 580. The quantitative estimate of drug-likeness (QED) is 0.923. The Hall–Kier alpha value is -1.59. The van der Waals surface area contributed by atoms with Crippen LogP contribution in [0.5, 0.6) is 0 Å². The third-order valence-corrected chi connectivity index (χ3v) is 3.68. The van der Waals surface area contributed by atoms with E-state index >= 15 is 0 Å². The molecule has 0 saturated carbocycles. The highest BCUT2D eigenvalue weighted by atomic mass is 35.5. The Balaban J connectivity index is 1.92. The molecule has 1 aliphatic heterocycles. The van der Waals surface area contributed by atoms with Crippen LogP contribution in [0.3, 0.4) is 0 Å². The summed E-state index contributed by atoms with van der Waals surface area (Å²) in [5.41, 5.74) is 8.07. The van der Waals surface area contributed by atoms with E-state index in [2.05, 4.69) is 25.7 Å². The summed E-state index contributed by atoms with van der Waals surface area (Å²) in [4.78, 5) is 2.29. The van der Waals surface area contributed by atoms with E-state index in [0.29, 0.717) is 6.54 Å². The zero-order chi connectivity index (χ0) is 13.2. The van der Waals surface area contributed by atoms with Gasteiger partial charge in [-0.15, -0.1) is 10.2 Å². The van der Waals surface area contributed by atoms with Crippen molar-refractivity contribution >= 4 is 17.3 Å². The molecule has 2 aromatic rings. The number of halogens is 1. The van der Waals surface area contributed by atoms with E-state index in [-0.39, 0.29) is 0 Å². The Morgan fingerprint density at radius 1 is 1.32 bits per heavy atom. The van der Waals surface area contributed by atoms with Crippen LogP contribution in [-0.4, -0.2) is 27.9 Å². The third-order valence-electron chi connectivity index (χ3n) is 3.44. The first-order valence-corrected chi connectivity index (χ1v) is 6.76. The minimum atomic E-state index is 0.638. The Kier molecular flexibility index (Phi) is 3.40. The van der Waals surface area contributed by atoms with Gasteiger partial charge < -0.3 is 15.2 Å². The number of fused-ring (bicyclic) bond motifs is 1. The molecule has 0 fully saturated rings. The first-order chi connectivity index (χ1) is 9.28. The summed E-state index contributed by atoms with van der Waals surface area (Å²) in [5.74, 6) is 0.991. The van der Waals surface area contributed by atoms with Gasteiger partial charge in [-0.25, -0.2) is 0 Å². The van der Waals surface area contributed by atoms with Crippen molar-refractivity contribution in [2.45, 2.75) is 19.5 Å². The average Bonchev–Trinajstić information content (AvgIpc) is 2.88. The fraction of sp³-hybridized carbons (Fsp3) is 0.385. The Morgan fingerprint density at radius 2 is 2.21 bits per heavy atom. The van der Waals surface area contributed by atoms with Crippen LogP contribution in [-0.2, 0) is 19.5 Å². The van der Waals surface area contributed by atoms with E-state index in [4.69, 9.17) is 17.3 Å². The average molecular weight is 278 g/mol. The molecule has 0 saturated heterocycles. The summed E-state index contributed by atoms with van der Waals surface area (Å²) in [7, 11) is 0. The van der Waals surface area contributed by atoms with Gasteiger partial charge in [-0.3, -0.25) is 0 Å². The first-order valence-electron chi connectivity index (χ1n) is 6.38. The summed E-state index contributed by atoms with van der Waals surface area (Å²) < 4.78 is 2.09. The van der Waals surface area contributed by atoms with E-state index in [1.165, 1.54) is 5.56 Å². The molecule has 1 aliphatic rings. The molecule has 0 spiro atoms. The molecule has 6 heteroatoms. The van der Waals surface area contributed by atoms with E-state index in [1.54, 1.807) is 6.33 Å². The topological polar surface area (TPSA) is 60.0 Å². The number of benzene rings is 1. The number of nitrogens with zero attached hydrogens (tertiary/aromatic N) is 4. The number of aromatic nitrogens is 3. The minimum absolute atomic E-state index is 0.638. The zero-order valence-corrected chi connectivity index (χ0v) is 11.3. The molecule has 100 valence electrons. The van der Waals surface area contributed by atoms with Gasteiger partial charge in [0.25, 0.3) is 0 Å². The van der Waals surface area contributed by atoms with Crippen molar-refractivity contribution in [1.82, 2.24) is 14.8 Å². The molecule has 0 amide bonds. The van der Waals surface area contributed by atoms with Crippen molar-refractivity contribution in [3.05, 3.63) is 40.9 Å². The smallest absolute Gasteiger partial charge is 0.152 e. The highest BCUT2D eigenvalue weighted by Gasteiger charge is 2.19. The highest BCUT2D eigenvalue weighted by Crippen LogP contribution is 2.27. The number of hydrogen-bond donors (Lipinski definition) is 1. The largest absolute Gasteiger partial charge is 0.362 e. The van der Waals surface area contributed by atoms with Crippen LogP contribution in [0.25, 0.3) is 0 Å². The molecule has 5 nitrogen and oxygen atoms in total. The van der Waals surface area contributed by atoms with Crippen molar-refractivity contribution in [2.75, 3.05) is 18.0 Å². The fourth-order valence-corrected chi connectivity index (χ4v) is 2.64. The monoisotopic (exact) mass is 277 g/mol. The molecule has 1 aromatic carbocycles. The summed E-state index contributed by atoms with van der Waals surface area (Å²) in [6.07, 6.45) is 2.64. The molecule has 2 heterocycles. The maximum atomic E-state index is 6.12. The van der Waals surface area contributed by atoms with Gasteiger partial charge in [0.05, 0.1) is 6.54 Å². The lowest BCUT2D eigenvalue weighted by Gasteiger charge is -2.30. The van der Waals surface area contributed by atoms with Crippen LogP contribution >= 0.6 is 11.6 Å². The van der Waals surface area contributed by atoms with Crippen molar-refractivity contribution in [3.8, 4) is 0 Å². The predicted molar refractivity (Wildman–Crippen MR) is 75.3 cm³/mol. The van der Waals surface area contributed by atoms with Crippen LogP contribution in [0.2, 0.25) is 5.02 Å². The Morgan fingerprint density at radius 3 is 3.05 bits per heavy atom. The molecule has 0 atom stereocenters. The van der Waals surface area contributed by atoms with Crippen molar-refractivity contribution in [2.24, 2.45) is 5.73 Å². The third kappa shape index (κ3) is 2.43. The van der Waals surface area contributed by atoms with Crippen LogP contribution in [0.1, 0.15) is 11.4 Å². The second-order valence-corrected chi connectivity index (χ2v) is 5.11. The van der Waals surface area contributed by atoms with Gasteiger partial charge in [0.2, 0.25) is 0 Å². The fourth-order valence-electron chi connectivity index (χ4n) is 2.47. The van der Waals surface area contributed by atoms with E-state index in [0.717, 1.165) is 42.6 Å². The van der Waals surface area contributed by atoms with E-state index in [1.807, 2.05) is 12.1 Å². The lowest BCUT2D eigenvalue weighted by Crippen LogP contribution is -2.34. The molecule has 2 N–H and O–H groups in total. The standard InChI is InChI=1S/C13H16ClN5/c14-11-2-1-10(3-4-15)12(7-11)18-5-6-19-9-16-17-13(19)8-18/h1-2,7,9H,3-6,8,15H2. The molecule has 1 aromatic heterocycles. The Labute approximate surface area is 117 Å². The number of anilines is 1. The molecular weight excluding hydrogens is 262 g/mol. The maximum Gasteiger partial charge on any atom is 0.152 e. The molecule has 0 aliphatic carbocycles. The summed E-state index contributed by atoms with van der Waals surface area (Å²) >= 11 is 6.12. The van der Waals surface area contributed by atoms with Crippen LogP contribution < -0.4 is 10.6 Å². The summed E-state index contributed by atoms with van der Waals surface area (Å²) in [5, 5.41) is 8.85. The lowest BCUT2D eigenvalue weighted by molar-refractivity contribution is 0.559. The molecule has 3 rings (SSSR count). The second-order valence-electron chi connectivity index (χ2n) is 4.67. The number of rotatable bonds is 3. The highest BCUT2D eigenvalue weighted by molar-refractivity contribution is 6.30. The number of hydrogen-bond acceptors (Lipinski definition) is 4.